The van der Waals surface area contributed by atoms with Gasteiger partial charge in [0.1, 0.15) is 0 Å². The molecular weight excluding hydrogens is 647 g/mol. The van der Waals surface area contributed by atoms with E-state index in [0.717, 1.165) is 47.6 Å². The fourth-order valence-corrected chi connectivity index (χ4v) is 7.74. The molecule has 3 nitrogen and oxygen atoms in total. The van der Waals surface area contributed by atoms with E-state index in [9.17, 15) is 0 Å². The second kappa shape index (κ2) is 34.5. The number of hydrogen-bond acceptors (Lipinski definition) is 3. The SMILES string of the molecule is CCCCCCCCCCCCCCCCCCOc1c(C)ccc(C(N)c2ccccc2)c1OCCCCCCCCCCCCCCCCCC. The molecule has 304 valence electrons. The van der Waals surface area contributed by atoms with Gasteiger partial charge in [0.2, 0.25) is 0 Å². The second-order valence-corrected chi connectivity index (χ2v) is 16.3. The first kappa shape index (κ1) is 47.2. The van der Waals surface area contributed by atoms with Gasteiger partial charge in [0.15, 0.2) is 11.5 Å². The van der Waals surface area contributed by atoms with E-state index >= 15 is 0 Å². The zero-order chi connectivity index (χ0) is 37.9. The van der Waals surface area contributed by atoms with E-state index < -0.39 is 0 Å². The molecule has 0 fully saturated rings. The predicted molar refractivity (Wildman–Crippen MR) is 234 cm³/mol. The largest absolute Gasteiger partial charge is 0.489 e. The summed E-state index contributed by atoms with van der Waals surface area (Å²) in [5, 5.41) is 0. The van der Waals surface area contributed by atoms with Crippen molar-refractivity contribution in [2.24, 2.45) is 5.73 Å². The lowest BCUT2D eigenvalue weighted by Gasteiger charge is -2.22. The van der Waals surface area contributed by atoms with Crippen molar-refractivity contribution in [2.75, 3.05) is 13.2 Å². The number of unbranched alkanes of at least 4 members (excludes halogenated alkanes) is 30. The van der Waals surface area contributed by atoms with Gasteiger partial charge in [-0.1, -0.05) is 249 Å². The quantitative estimate of drug-likeness (QED) is 0.0699. The Morgan fingerprint density at radius 2 is 0.717 bits per heavy atom. The Kier molecular flexibility index (Phi) is 30.7. The lowest BCUT2D eigenvalue weighted by atomic mass is 9.97. The summed E-state index contributed by atoms with van der Waals surface area (Å²) < 4.78 is 13.1. The van der Waals surface area contributed by atoms with Crippen LogP contribution in [0.5, 0.6) is 11.5 Å². The molecule has 0 amide bonds. The van der Waals surface area contributed by atoms with E-state index in [1.807, 2.05) is 6.07 Å². The molecule has 0 spiro atoms. The maximum atomic E-state index is 6.86. The van der Waals surface area contributed by atoms with Crippen LogP contribution in [0.15, 0.2) is 42.5 Å². The first-order valence-electron chi connectivity index (χ1n) is 23.4. The number of aryl methyl sites for hydroxylation is 1. The minimum atomic E-state index is -0.240. The Morgan fingerprint density at radius 3 is 1.08 bits per heavy atom. The van der Waals surface area contributed by atoms with Gasteiger partial charge in [-0.2, -0.15) is 0 Å². The van der Waals surface area contributed by atoms with Crippen LogP contribution < -0.4 is 15.2 Å². The summed E-state index contributed by atoms with van der Waals surface area (Å²) in [6, 6.07) is 14.5. The zero-order valence-corrected chi connectivity index (χ0v) is 35.6. The first-order chi connectivity index (χ1) is 26.2. The molecule has 0 heterocycles. The maximum Gasteiger partial charge on any atom is 0.166 e. The number of benzene rings is 2. The molecule has 0 saturated carbocycles. The molecule has 0 saturated heterocycles. The Bertz CT molecular complexity index is 1070. The molecule has 0 aliphatic rings. The normalized spacial score (nSPS) is 12.0. The molecule has 1 atom stereocenters. The molecule has 2 rings (SSSR count). The van der Waals surface area contributed by atoms with E-state index in [1.54, 1.807) is 0 Å². The minimum absolute atomic E-state index is 0.240. The maximum absolute atomic E-state index is 6.86. The molecule has 1 unspecified atom stereocenters. The molecule has 0 aliphatic carbocycles. The smallest absolute Gasteiger partial charge is 0.166 e. The molecule has 0 aliphatic heterocycles. The van der Waals surface area contributed by atoms with Gasteiger partial charge in [-0.05, 0) is 30.9 Å². The molecule has 53 heavy (non-hydrogen) atoms. The number of hydrogen-bond donors (Lipinski definition) is 1. The van der Waals surface area contributed by atoms with E-state index in [-0.39, 0.29) is 6.04 Å². The third-order valence-corrected chi connectivity index (χ3v) is 11.3. The van der Waals surface area contributed by atoms with Crippen molar-refractivity contribution in [3.05, 3.63) is 59.2 Å². The third kappa shape index (κ3) is 24.2. The summed E-state index contributed by atoms with van der Waals surface area (Å²) in [4.78, 5) is 0. The standard InChI is InChI=1S/C50H87NO2/c1-4-6-8-10-12-14-16-18-20-22-24-26-28-30-32-37-43-52-49-45(3)41-42-47(48(51)46-39-35-34-36-40-46)50(49)53-44-38-33-31-29-27-25-23-21-19-17-15-13-11-9-7-5-2/h34-36,39-42,48H,4-33,37-38,43-44,51H2,1-3H3. The summed E-state index contributed by atoms with van der Waals surface area (Å²) in [6.07, 6.45) is 44.0. The molecule has 2 aromatic rings. The summed E-state index contributed by atoms with van der Waals surface area (Å²) in [6.45, 7) is 8.19. The Balaban J connectivity index is 1.65. The van der Waals surface area contributed by atoms with Crippen LogP contribution in [0.1, 0.15) is 242 Å². The summed E-state index contributed by atoms with van der Waals surface area (Å²) >= 11 is 0. The van der Waals surface area contributed by atoms with E-state index in [1.165, 1.54) is 193 Å². The molecule has 0 radical (unpaired) electrons. The van der Waals surface area contributed by atoms with Crippen LogP contribution >= 0.6 is 0 Å². The molecule has 2 aromatic carbocycles. The van der Waals surface area contributed by atoms with E-state index in [4.69, 9.17) is 15.2 Å². The predicted octanol–water partition coefficient (Wildman–Crippen LogP) is 16.3. The van der Waals surface area contributed by atoms with Crippen LogP contribution in [-0.4, -0.2) is 13.2 Å². The molecule has 3 heteroatoms. The van der Waals surface area contributed by atoms with Crippen molar-refractivity contribution in [1.82, 2.24) is 0 Å². The third-order valence-electron chi connectivity index (χ3n) is 11.3. The van der Waals surface area contributed by atoms with Crippen molar-refractivity contribution < 1.29 is 9.47 Å². The van der Waals surface area contributed by atoms with Gasteiger partial charge in [-0.15, -0.1) is 0 Å². The summed E-state index contributed by atoms with van der Waals surface area (Å²) in [7, 11) is 0. The van der Waals surface area contributed by atoms with Crippen molar-refractivity contribution in [3.8, 4) is 11.5 Å². The van der Waals surface area contributed by atoms with Gasteiger partial charge < -0.3 is 15.2 Å². The lowest BCUT2D eigenvalue weighted by Crippen LogP contribution is -2.15. The molecule has 0 bridgehead atoms. The average Bonchev–Trinajstić information content (AvgIpc) is 3.18. The molecule has 0 aromatic heterocycles. The Morgan fingerprint density at radius 1 is 0.396 bits per heavy atom. The summed E-state index contributed by atoms with van der Waals surface area (Å²) in [5.41, 5.74) is 10.1. The van der Waals surface area contributed by atoms with Crippen LogP contribution in [0.2, 0.25) is 0 Å². The zero-order valence-electron chi connectivity index (χ0n) is 35.6. The van der Waals surface area contributed by atoms with Crippen LogP contribution in [0.4, 0.5) is 0 Å². The number of rotatable bonds is 38. The topological polar surface area (TPSA) is 44.5 Å². The fourth-order valence-electron chi connectivity index (χ4n) is 7.74. The highest BCUT2D eigenvalue weighted by molar-refractivity contribution is 5.54. The van der Waals surface area contributed by atoms with Gasteiger partial charge >= 0.3 is 0 Å². The van der Waals surface area contributed by atoms with Crippen molar-refractivity contribution in [3.63, 3.8) is 0 Å². The van der Waals surface area contributed by atoms with Gasteiger partial charge in [0.05, 0.1) is 19.3 Å². The highest BCUT2D eigenvalue weighted by atomic mass is 16.5. The monoisotopic (exact) mass is 734 g/mol. The van der Waals surface area contributed by atoms with E-state index in [0.29, 0.717) is 6.61 Å². The number of ether oxygens (including phenoxy) is 2. The van der Waals surface area contributed by atoms with Gasteiger partial charge in [0, 0.05) is 5.56 Å². The highest BCUT2D eigenvalue weighted by Gasteiger charge is 2.20. The van der Waals surface area contributed by atoms with E-state index in [2.05, 4.69) is 57.2 Å². The van der Waals surface area contributed by atoms with Gasteiger partial charge in [-0.25, -0.2) is 0 Å². The van der Waals surface area contributed by atoms with Crippen LogP contribution in [0, 0.1) is 6.92 Å². The fraction of sp³-hybridized carbons (Fsp3) is 0.760. The second-order valence-electron chi connectivity index (χ2n) is 16.3. The minimum Gasteiger partial charge on any atom is -0.489 e. The summed E-state index contributed by atoms with van der Waals surface area (Å²) in [5.74, 6) is 1.75. The molecular formula is C50H87NO2. The Labute approximate surface area is 330 Å². The van der Waals surface area contributed by atoms with Crippen LogP contribution in [0.3, 0.4) is 0 Å². The van der Waals surface area contributed by atoms with Crippen molar-refractivity contribution in [1.29, 1.82) is 0 Å². The van der Waals surface area contributed by atoms with Gasteiger partial charge in [-0.3, -0.25) is 0 Å². The highest BCUT2D eigenvalue weighted by Crippen LogP contribution is 2.39. The number of nitrogens with two attached hydrogens (primary N) is 1. The lowest BCUT2D eigenvalue weighted by molar-refractivity contribution is 0.254. The first-order valence-corrected chi connectivity index (χ1v) is 23.4. The van der Waals surface area contributed by atoms with Gasteiger partial charge in [0.25, 0.3) is 0 Å². The van der Waals surface area contributed by atoms with Crippen LogP contribution in [0.25, 0.3) is 0 Å². The Hall–Kier alpha value is -2.00. The average molecular weight is 734 g/mol. The molecule has 2 N–H and O–H groups in total. The van der Waals surface area contributed by atoms with Crippen LogP contribution in [-0.2, 0) is 0 Å². The van der Waals surface area contributed by atoms with Crippen molar-refractivity contribution in [2.45, 2.75) is 232 Å². The van der Waals surface area contributed by atoms with Crippen molar-refractivity contribution >= 4 is 0 Å².